The van der Waals surface area contributed by atoms with Crippen LogP contribution in [-0.2, 0) is 19.1 Å². The minimum absolute atomic E-state index is 0.00333. The molecule has 0 radical (unpaired) electrons. The quantitative estimate of drug-likeness (QED) is 0.606. The summed E-state index contributed by atoms with van der Waals surface area (Å²) in [5, 5.41) is 0. The standard InChI is InChI=1S/C9H14O4/c1-5(2)7-4-8(11)13-9(7)12-6(3)10/h5,7,9H,4H2,1-3H3/t7-,9+/m1/s1. The Morgan fingerprint density at radius 2 is 2.23 bits per heavy atom. The molecule has 0 spiro atoms. The maximum atomic E-state index is 10.9. The Balaban J connectivity index is 2.60. The zero-order chi connectivity index (χ0) is 10.0. The van der Waals surface area contributed by atoms with E-state index in [0.717, 1.165) is 0 Å². The third kappa shape index (κ3) is 2.44. The summed E-state index contributed by atoms with van der Waals surface area (Å²) in [5.41, 5.74) is 0. The maximum Gasteiger partial charge on any atom is 0.309 e. The van der Waals surface area contributed by atoms with E-state index in [0.29, 0.717) is 6.42 Å². The second-order valence-electron chi connectivity index (χ2n) is 3.58. The average Bonchev–Trinajstić information content (AvgIpc) is 2.29. The zero-order valence-corrected chi connectivity index (χ0v) is 8.07. The van der Waals surface area contributed by atoms with Gasteiger partial charge in [0.2, 0.25) is 0 Å². The van der Waals surface area contributed by atoms with Crippen molar-refractivity contribution in [3.63, 3.8) is 0 Å². The lowest BCUT2D eigenvalue weighted by Gasteiger charge is -2.19. The van der Waals surface area contributed by atoms with Crippen LogP contribution in [0.2, 0.25) is 0 Å². The molecule has 0 bridgehead atoms. The highest BCUT2D eigenvalue weighted by Crippen LogP contribution is 2.29. The summed E-state index contributed by atoms with van der Waals surface area (Å²) in [6, 6.07) is 0. The first-order valence-corrected chi connectivity index (χ1v) is 4.37. The molecular formula is C9H14O4. The Morgan fingerprint density at radius 3 is 2.69 bits per heavy atom. The first kappa shape index (κ1) is 10.0. The lowest BCUT2D eigenvalue weighted by Crippen LogP contribution is -2.25. The molecule has 1 aliphatic rings. The Morgan fingerprint density at radius 1 is 1.62 bits per heavy atom. The van der Waals surface area contributed by atoms with Crippen LogP contribution >= 0.6 is 0 Å². The van der Waals surface area contributed by atoms with Crippen LogP contribution in [0.3, 0.4) is 0 Å². The minimum atomic E-state index is -0.676. The van der Waals surface area contributed by atoms with Crippen LogP contribution in [0.15, 0.2) is 0 Å². The fraction of sp³-hybridized carbons (Fsp3) is 0.778. The number of carbonyl (C=O) groups is 2. The number of cyclic esters (lactones) is 1. The Kier molecular flexibility index (Phi) is 2.90. The summed E-state index contributed by atoms with van der Waals surface area (Å²) in [4.78, 5) is 21.6. The van der Waals surface area contributed by atoms with E-state index in [1.165, 1.54) is 6.92 Å². The number of esters is 2. The van der Waals surface area contributed by atoms with Crippen molar-refractivity contribution in [1.29, 1.82) is 0 Å². The second kappa shape index (κ2) is 3.77. The Bertz CT molecular complexity index is 222. The predicted molar refractivity (Wildman–Crippen MR) is 44.6 cm³/mol. The van der Waals surface area contributed by atoms with E-state index in [2.05, 4.69) is 0 Å². The molecule has 0 saturated carbocycles. The third-order valence-electron chi connectivity index (χ3n) is 2.14. The van der Waals surface area contributed by atoms with Gasteiger partial charge in [0, 0.05) is 12.8 Å². The van der Waals surface area contributed by atoms with Crippen LogP contribution in [0.1, 0.15) is 27.2 Å². The van der Waals surface area contributed by atoms with Crippen molar-refractivity contribution in [3.8, 4) is 0 Å². The molecule has 0 amide bonds. The predicted octanol–water partition coefficient (Wildman–Crippen LogP) is 1.09. The van der Waals surface area contributed by atoms with E-state index in [1.807, 2.05) is 13.8 Å². The van der Waals surface area contributed by atoms with Gasteiger partial charge in [-0.15, -0.1) is 0 Å². The molecule has 1 rings (SSSR count). The number of rotatable bonds is 2. The number of hydrogen-bond donors (Lipinski definition) is 0. The lowest BCUT2D eigenvalue weighted by molar-refractivity contribution is -0.181. The molecule has 2 atom stereocenters. The van der Waals surface area contributed by atoms with Crippen molar-refractivity contribution in [1.82, 2.24) is 0 Å². The van der Waals surface area contributed by atoms with Crippen molar-refractivity contribution in [2.24, 2.45) is 11.8 Å². The molecule has 13 heavy (non-hydrogen) atoms. The molecule has 0 aromatic carbocycles. The van der Waals surface area contributed by atoms with Crippen molar-refractivity contribution in [3.05, 3.63) is 0 Å². The molecule has 1 aliphatic heterocycles. The maximum absolute atomic E-state index is 10.9. The summed E-state index contributed by atoms with van der Waals surface area (Å²) < 4.78 is 9.74. The highest BCUT2D eigenvalue weighted by atomic mass is 16.7. The monoisotopic (exact) mass is 186 g/mol. The first-order valence-electron chi connectivity index (χ1n) is 4.37. The van der Waals surface area contributed by atoms with E-state index < -0.39 is 12.3 Å². The molecule has 74 valence electrons. The van der Waals surface area contributed by atoms with Gasteiger partial charge in [-0.1, -0.05) is 13.8 Å². The van der Waals surface area contributed by atoms with Crippen molar-refractivity contribution in [2.75, 3.05) is 0 Å². The largest absolute Gasteiger partial charge is 0.425 e. The molecule has 0 aromatic heterocycles. The Hall–Kier alpha value is -1.06. The van der Waals surface area contributed by atoms with Crippen molar-refractivity contribution in [2.45, 2.75) is 33.5 Å². The van der Waals surface area contributed by atoms with E-state index in [4.69, 9.17) is 9.47 Å². The molecule has 0 aliphatic carbocycles. The van der Waals surface area contributed by atoms with Crippen molar-refractivity contribution >= 4 is 11.9 Å². The van der Waals surface area contributed by atoms with Gasteiger partial charge in [0.05, 0.1) is 6.42 Å². The number of hydrogen-bond acceptors (Lipinski definition) is 4. The van der Waals surface area contributed by atoms with E-state index >= 15 is 0 Å². The van der Waals surface area contributed by atoms with Gasteiger partial charge in [0.1, 0.15) is 0 Å². The van der Waals surface area contributed by atoms with Crippen LogP contribution in [0.4, 0.5) is 0 Å². The average molecular weight is 186 g/mol. The van der Waals surface area contributed by atoms with Crippen LogP contribution in [-0.4, -0.2) is 18.2 Å². The van der Waals surface area contributed by atoms with Gasteiger partial charge in [0.15, 0.2) is 0 Å². The van der Waals surface area contributed by atoms with Gasteiger partial charge in [-0.2, -0.15) is 0 Å². The fourth-order valence-corrected chi connectivity index (χ4v) is 1.38. The van der Waals surface area contributed by atoms with Gasteiger partial charge >= 0.3 is 11.9 Å². The third-order valence-corrected chi connectivity index (χ3v) is 2.14. The van der Waals surface area contributed by atoms with Crippen LogP contribution < -0.4 is 0 Å². The summed E-state index contributed by atoms with van der Waals surface area (Å²) in [6.07, 6.45) is -0.333. The SMILES string of the molecule is CC(=O)O[C@H]1OC(=O)C[C@@H]1C(C)C. The molecule has 4 nitrogen and oxygen atoms in total. The molecule has 0 N–H and O–H groups in total. The lowest BCUT2D eigenvalue weighted by atomic mass is 9.94. The van der Waals surface area contributed by atoms with Crippen LogP contribution in [0.25, 0.3) is 0 Å². The Labute approximate surface area is 77.2 Å². The smallest absolute Gasteiger partial charge is 0.309 e. The summed E-state index contributed by atoms with van der Waals surface area (Å²) in [6.45, 7) is 5.26. The van der Waals surface area contributed by atoms with E-state index in [9.17, 15) is 9.59 Å². The normalized spacial score (nSPS) is 27.5. The topological polar surface area (TPSA) is 52.6 Å². The molecular weight excluding hydrogens is 172 g/mol. The molecule has 0 unspecified atom stereocenters. The van der Waals surface area contributed by atoms with Gasteiger partial charge in [-0.25, -0.2) is 0 Å². The zero-order valence-electron chi connectivity index (χ0n) is 8.07. The van der Waals surface area contributed by atoms with Crippen LogP contribution in [0.5, 0.6) is 0 Å². The summed E-state index contributed by atoms with van der Waals surface area (Å²) in [7, 11) is 0. The van der Waals surface area contributed by atoms with Gasteiger partial charge in [0.25, 0.3) is 6.29 Å². The number of ether oxygens (including phenoxy) is 2. The van der Waals surface area contributed by atoms with E-state index in [1.54, 1.807) is 0 Å². The van der Waals surface area contributed by atoms with Crippen molar-refractivity contribution < 1.29 is 19.1 Å². The highest BCUT2D eigenvalue weighted by molar-refractivity contribution is 5.73. The second-order valence-corrected chi connectivity index (χ2v) is 3.58. The van der Waals surface area contributed by atoms with Gasteiger partial charge in [-0.05, 0) is 5.92 Å². The fourth-order valence-electron chi connectivity index (χ4n) is 1.38. The highest BCUT2D eigenvalue weighted by Gasteiger charge is 2.38. The molecule has 1 heterocycles. The van der Waals surface area contributed by atoms with Crippen LogP contribution in [0, 0.1) is 11.8 Å². The number of carbonyl (C=O) groups excluding carboxylic acids is 2. The summed E-state index contributed by atoms with van der Waals surface area (Å²) in [5.74, 6) is -0.428. The summed E-state index contributed by atoms with van der Waals surface area (Å²) >= 11 is 0. The van der Waals surface area contributed by atoms with Gasteiger partial charge < -0.3 is 9.47 Å². The molecule has 1 fully saturated rings. The van der Waals surface area contributed by atoms with E-state index in [-0.39, 0.29) is 17.8 Å². The molecule has 0 aromatic rings. The minimum Gasteiger partial charge on any atom is -0.425 e. The molecule has 1 saturated heterocycles. The van der Waals surface area contributed by atoms with Gasteiger partial charge in [-0.3, -0.25) is 9.59 Å². The first-order chi connectivity index (χ1) is 6.00. The molecule has 4 heteroatoms.